The van der Waals surface area contributed by atoms with E-state index in [-0.39, 0.29) is 0 Å². The van der Waals surface area contributed by atoms with Gasteiger partial charge in [0.1, 0.15) is 0 Å². The van der Waals surface area contributed by atoms with E-state index in [0.717, 1.165) is 13.1 Å². The predicted octanol–water partition coefficient (Wildman–Crippen LogP) is 3.75. The van der Waals surface area contributed by atoms with Gasteiger partial charge in [0.15, 0.2) is 0 Å². The number of benzene rings is 1. The van der Waals surface area contributed by atoms with Crippen molar-refractivity contribution in [2.45, 2.75) is 33.2 Å². The Labute approximate surface area is 122 Å². The smallest absolute Gasteiger partial charge is 0.0666 e. The molecule has 1 aromatic heterocycles. The minimum Gasteiger partial charge on any atom is -0.315 e. The molecule has 2 aromatic rings. The van der Waals surface area contributed by atoms with Crippen molar-refractivity contribution in [1.29, 1.82) is 0 Å². The van der Waals surface area contributed by atoms with E-state index in [0.29, 0.717) is 12.0 Å². The maximum atomic E-state index is 4.57. The Morgan fingerprint density at radius 1 is 1.15 bits per heavy atom. The van der Waals surface area contributed by atoms with E-state index < -0.39 is 0 Å². The van der Waals surface area contributed by atoms with Gasteiger partial charge in [0.2, 0.25) is 0 Å². The van der Waals surface area contributed by atoms with E-state index in [2.05, 4.69) is 66.3 Å². The van der Waals surface area contributed by atoms with Gasteiger partial charge in [-0.3, -0.25) is 4.68 Å². The van der Waals surface area contributed by atoms with Gasteiger partial charge < -0.3 is 5.32 Å². The van der Waals surface area contributed by atoms with Gasteiger partial charge in [-0.1, -0.05) is 51.1 Å². The number of nitrogens with one attached hydrogen (secondary N) is 1. The van der Waals surface area contributed by atoms with E-state index >= 15 is 0 Å². The van der Waals surface area contributed by atoms with Crippen LogP contribution in [0.2, 0.25) is 0 Å². The lowest BCUT2D eigenvalue weighted by Crippen LogP contribution is -2.29. The molecule has 3 heteroatoms. The summed E-state index contributed by atoms with van der Waals surface area (Å²) >= 11 is 0. The zero-order chi connectivity index (χ0) is 14.4. The molecule has 3 nitrogen and oxygen atoms in total. The Kier molecular flexibility index (Phi) is 5.36. The molecule has 108 valence electrons. The third kappa shape index (κ3) is 3.70. The van der Waals surface area contributed by atoms with Gasteiger partial charge in [-0.05, 0) is 24.4 Å². The first-order valence-corrected chi connectivity index (χ1v) is 7.52. The predicted molar refractivity (Wildman–Crippen MR) is 84.7 cm³/mol. The highest BCUT2D eigenvalue weighted by atomic mass is 15.3. The topological polar surface area (TPSA) is 29.9 Å². The number of rotatable bonds is 7. The van der Waals surface area contributed by atoms with Crippen molar-refractivity contribution in [2.24, 2.45) is 5.92 Å². The lowest BCUT2D eigenvalue weighted by molar-refractivity contribution is 0.330. The average molecular weight is 271 g/mol. The Balaban J connectivity index is 2.12. The second kappa shape index (κ2) is 7.25. The third-order valence-corrected chi connectivity index (χ3v) is 3.60. The molecule has 1 heterocycles. The molecule has 0 aliphatic carbocycles. The molecule has 0 radical (unpaired) electrons. The summed E-state index contributed by atoms with van der Waals surface area (Å²) < 4.78 is 2.11. The van der Waals surface area contributed by atoms with Gasteiger partial charge in [0.05, 0.1) is 12.2 Å². The molecule has 0 aliphatic rings. The van der Waals surface area contributed by atoms with E-state index in [1.807, 2.05) is 12.3 Å². The highest BCUT2D eigenvalue weighted by Gasteiger charge is 2.16. The molecule has 1 atom stereocenters. The Hall–Kier alpha value is -1.61. The Morgan fingerprint density at radius 2 is 1.90 bits per heavy atom. The van der Waals surface area contributed by atoms with Gasteiger partial charge in [0, 0.05) is 18.3 Å². The molecule has 0 saturated heterocycles. The molecule has 0 spiro atoms. The van der Waals surface area contributed by atoms with E-state index in [4.69, 9.17) is 0 Å². The fourth-order valence-corrected chi connectivity index (χ4v) is 2.36. The molecule has 1 N–H and O–H groups in total. The van der Waals surface area contributed by atoms with Crippen LogP contribution in [0.3, 0.4) is 0 Å². The highest BCUT2D eigenvalue weighted by Crippen LogP contribution is 2.22. The first kappa shape index (κ1) is 14.8. The third-order valence-electron chi connectivity index (χ3n) is 3.60. The van der Waals surface area contributed by atoms with E-state index in [1.54, 1.807) is 0 Å². The lowest BCUT2D eigenvalue weighted by Gasteiger charge is -2.21. The Morgan fingerprint density at radius 3 is 2.55 bits per heavy atom. The first-order valence-electron chi connectivity index (χ1n) is 7.52. The lowest BCUT2D eigenvalue weighted by atomic mass is 10.0. The molecule has 0 aliphatic heterocycles. The van der Waals surface area contributed by atoms with Crippen LogP contribution in [0.4, 0.5) is 0 Å². The minimum atomic E-state index is 0.402. The summed E-state index contributed by atoms with van der Waals surface area (Å²) in [6.45, 7) is 8.74. The van der Waals surface area contributed by atoms with Gasteiger partial charge in [-0.2, -0.15) is 5.10 Å². The number of hydrogen-bond acceptors (Lipinski definition) is 2. The van der Waals surface area contributed by atoms with Crippen LogP contribution in [-0.2, 0) is 0 Å². The largest absolute Gasteiger partial charge is 0.315 e. The second-order valence-electron chi connectivity index (χ2n) is 5.59. The first-order chi connectivity index (χ1) is 9.72. The van der Waals surface area contributed by atoms with Crippen LogP contribution in [-0.4, -0.2) is 22.9 Å². The highest BCUT2D eigenvalue weighted by molar-refractivity contribution is 5.61. The molecule has 0 bridgehead atoms. The van der Waals surface area contributed by atoms with Crippen molar-refractivity contribution < 1.29 is 0 Å². The van der Waals surface area contributed by atoms with Crippen molar-refractivity contribution >= 4 is 0 Å². The van der Waals surface area contributed by atoms with Gasteiger partial charge >= 0.3 is 0 Å². The van der Waals surface area contributed by atoms with Crippen molar-refractivity contribution in [1.82, 2.24) is 15.1 Å². The summed E-state index contributed by atoms with van der Waals surface area (Å²) in [6, 6.07) is 10.8. The molecule has 1 aromatic carbocycles. The van der Waals surface area contributed by atoms with Crippen LogP contribution in [0.5, 0.6) is 0 Å². The van der Waals surface area contributed by atoms with Crippen molar-refractivity contribution in [3.63, 3.8) is 0 Å². The monoisotopic (exact) mass is 271 g/mol. The fourth-order valence-electron chi connectivity index (χ4n) is 2.36. The van der Waals surface area contributed by atoms with Crippen LogP contribution in [0.1, 0.15) is 33.2 Å². The van der Waals surface area contributed by atoms with E-state index in [9.17, 15) is 0 Å². The van der Waals surface area contributed by atoms with Gasteiger partial charge in [-0.15, -0.1) is 0 Å². The molecular weight excluding hydrogens is 246 g/mol. The number of hydrogen-bond donors (Lipinski definition) is 1. The molecule has 0 amide bonds. The summed E-state index contributed by atoms with van der Waals surface area (Å²) in [5.74, 6) is 0.558. The standard InChI is InChI=1S/C17H25N3/c1-4-10-18-12-17(14(2)3)20-13-16(11-19-20)15-8-6-5-7-9-15/h5-9,11,13-14,17-18H,4,10,12H2,1-3H3. The fraction of sp³-hybridized carbons (Fsp3) is 0.471. The zero-order valence-corrected chi connectivity index (χ0v) is 12.7. The average Bonchev–Trinajstić information content (AvgIpc) is 2.93. The van der Waals surface area contributed by atoms with Crippen molar-refractivity contribution in [3.05, 3.63) is 42.7 Å². The van der Waals surface area contributed by atoms with Crippen LogP contribution in [0.15, 0.2) is 42.7 Å². The molecule has 1 unspecified atom stereocenters. The minimum absolute atomic E-state index is 0.402. The molecule has 0 saturated carbocycles. The van der Waals surface area contributed by atoms with Gasteiger partial charge in [-0.25, -0.2) is 0 Å². The normalized spacial score (nSPS) is 12.8. The van der Waals surface area contributed by atoms with Crippen LogP contribution in [0.25, 0.3) is 11.1 Å². The quantitative estimate of drug-likeness (QED) is 0.777. The van der Waals surface area contributed by atoms with Crippen LogP contribution in [0, 0.1) is 5.92 Å². The van der Waals surface area contributed by atoms with Crippen LogP contribution >= 0.6 is 0 Å². The summed E-state index contributed by atoms with van der Waals surface area (Å²) in [5, 5.41) is 8.07. The summed E-state index contributed by atoms with van der Waals surface area (Å²) in [4.78, 5) is 0. The SMILES string of the molecule is CCCNCC(C(C)C)n1cc(-c2ccccc2)cn1. The zero-order valence-electron chi connectivity index (χ0n) is 12.7. The molecule has 0 fully saturated rings. The number of nitrogens with zero attached hydrogens (tertiary/aromatic N) is 2. The van der Waals surface area contributed by atoms with Crippen molar-refractivity contribution in [2.75, 3.05) is 13.1 Å². The summed E-state index contributed by atoms with van der Waals surface area (Å²) in [5.41, 5.74) is 2.41. The van der Waals surface area contributed by atoms with E-state index in [1.165, 1.54) is 17.5 Å². The molecule has 20 heavy (non-hydrogen) atoms. The van der Waals surface area contributed by atoms with Crippen molar-refractivity contribution in [3.8, 4) is 11.1 Å². The second-order valence-corrected chi connectivity index (χ2v) is 5.59. The maximum Gasteiger partial charge on any atom is 0.0666 e. The summed E-state index contributed by atoms with van der Waals surface area (Å²) in [6.07, 6.45) is 5.29. The van der Waals surface area contributed by atoms with Crippen LogP contribution < -0.4 is 5.32 Å². The number of aromatic nitrogens is 2. The summed E-state index contributed by atoms with van der Waals surface area (Å²) in [7, 11) is 0. The molecular formula is C17H25N3. The maximum absolute atomic E-state index is 4.57. The molecule has 2 rings (SSSR count). The Bertz CT molecular complexity index is 502. The van der Waals surface area contributed by atoms with Gasteiger partial charge in [0.25, 0.3) is 0 Å².